The van der Waals surface area contributed by atoms with Crippen molar-refractivity contribution in [2.75, 3.05) is 45.9 Å². The van der Waals surface area contributed by atoms with E-state index in [0.717, 1.165) is 45.7 Å². The van der Waals surface area contributed by atoms with E-state index in [0.29, 0.717) is 16.8 Å². The van der Waals surface area contributed by atoms with Gasteiger partial charge in [-0.25, -0.2) is 0 Å². The zero-order valence-electron chi connectivity index (χ0n) is 13.0. The van der Waals surface area contributed by atoms with Gasteiger partial charge in [0, 0.05) is 50.3 Å². The Labute approximate surface area is 148 Å². The van der Waals surface area contributed by atoms with E-state index in [9.17, 15) is 4.79 Å². The monoisotopic (exact) mass is 359 g/mol. The van der Waals surface area contributed by atoms with Crippen molar-refractivity contribution in [1.29, 1.82) is 0 Å². The molecule has 2 fully saturated rings. The molecule has 5 nitrogen and oxygen atoms in total. The number of piperazine rings is 1. The number of amides is 1. The minimum atomic E-state index is 0. The molecule has 0 spiro atoms. The third-order valence-electron chi connectivity index (χ3n) is 4.36. The molecule has 1 unspecified atom stereocenters. The Kier molecular flexibility index (Phi) is 6.96. The summed E-state index contributed by atoms with van der Waals surface area (Å²) in [5.74, 6) is 0.739. The van der Waals surface area contributed by atoms with Crippen LogP contribution in [0, 0.1) is 0 Å². The van der Waals surface area contributed by atoms with Gasteiger partial charge < -0.3 is 15.0 Å². The Morgan fingerprint density at radius 2 is 1.91 bits per heavy atom. The van der Waals surface area contributed by atoms with Gasteiger partial charge in [-0.05, 0) is 30.7 Å². The summed E-state index contributed by atoms with van der Waals surface area (Å²) in [5, 5.41) is 4.03. The third kappa shape index (κ3) is 4.98. The van der Waals surface area contributed by atoms with E-state index < -0.39 is 0 Å². The number of ether oxygens (including phenoxy) is 1. The van der Waals surface area contributed by atoms with Gasteiger partial charge in [0.05, 0.1) is 0 Å². The maximum atomic E-state index is 12.3. The Bertz CT molecular complexity index is 507. The predicted octanol–water partition coefficient (Wildman–Crippen LogP) is 1.65. The van der Waals surface area contributed by atoms with Crippen molar-refractivity contribution in [3.05, 3.63) is 29.3 Å². The summed E-state index contributed by atoms with van der Waals surface area (Å²) in [4.78, 5) is 16.7. The van der Waals surface area contributed by atoms with Crippen molar-refractivity contribution in [1.82, 2.24) is 15.1 Å². The number of hydrogen-bond acceptors (Lipinski definition) is 4. The first-order valence-corrected chi connectivity index (χ1v) is 8.21. The van der Waals surface area contributed by atoms with Crippen LogP contribution in [0.5, 0.6) is 5.75 Å². The zero-order chi connectivity index (χ0) is 15.4. The van der Waals surface area contributed by atoms with Crippen LogP contribution in [-0.4, -0.2) is 67.6 Å². The number of nitrogens with zero attached hydrogens (tertiary/aromatic N) is 2. The van der Waals surface area contributed by atoms with Gasteiger partial charge in [-0.1, -0.05) is 11.6 Å². The largest absolute Gasteiger partial charge is 0.484 e. The average Bonchev–Trinajstić information content (AvgIpc) is 3.05. The molecule has 1 aromatic carbocycles. The quantitative estimate of drug-likeness (QED) is 0.887. The maximum absolute atomic E-state index is 12.3. The van der Waals surface area contributed by atoms with Crippen molar-refractivity contribution in [3.63, 3.8) is 0 Å². The molecule has 1 amide bonds. The highest BCUT2D eigenvalue weighted by Gasteiger charge is 2.30. The third-order valence-corrected chi connectivity index (χ3v) is 4.61. The standard InChI is InChI=1S/C16H22ClN3O2.ClH/c17-13-1-3-15(4-2-13)22-12-16(21)20-8-5-14(11-20)19-9-6-18-7-10-19;/h1-4,14,18H,5-12H2;1H. The Hall–Kier alpha value is -1.01. The summed E-state index contributed by atoms with van der Waals surface area (Å²) in [7, 11) is 0. The van der Waals surface area contributed by atoms with E-state index in [1.807, 2.05) is 4.90 Å². The summed E-state index contributed by atoms with van der Waals surface area (Å²) in [6.45, 7) is 5.99. The molecule has 2 heterocycles. The number of halogens is 2. The second-order valence-corrected chi connectivity index (χ2v) is 6.25. The van der Waals surface area contributed by atoms with E-state index in [2.05, 4.69) is 10.2 Å². The fraction of sp³-hybridized carbons (Fsp3) is 0.562. The molecule has 2 aliphatic rings. The lowest BCUT2D eigenvalue weighted by molar-refractivity contribution is -0.132. The SMILES string of the molecule is Cl.O=C(COc1ccc(Cl)cc1)N1CCC(N2CCNCC2)C1. The fourth-order valence-electron chi connectivity index (χ4n) is 3.08. The minimum Gasteiger partial charge on any atom is -0.484 e. The van der Waals surface area contributed by atoms with Crippen molar-refractivity contribution < 1.29 is 9.53 Å². The molecular formula is C16H23Cl2N3O2. The number of carbonyl (C=O) groups excluding carboxylic acids is 1. The lowest BCUT2D eigenvalue weighted by Gasteiger charge is -2.32. The van der Waals surface area contributed by atoms with Crippen molar-refractivity contribution in [3.8, 4) is 5.75 Å². The van der Waals surface area contributed by atoms with Crippen molar-refractivity contribution in [2.45, 2.75) is 12.5 Å². The molecule has 128 valence electrons. The van der Waals surface area contributed by atoms with Crippen LogP contribution >= 0.6 is 24.0 Å². The van der Waals surface area contributed by atoms with Crippen LogP contribution in [0.2, 0.25) is 5.02 Å². The topological polar surface area (TPSA) is 44.8 Å². The summed E-state index contributed by atoms with van der Waals surface area (Å²) in [5.41, 5.74) is 0. The van der Waals surface area contributed by atoms with Gasteiger partial charge in [0.1, 0.15) is 5.75 Å². The second kappa shape index (κ2) is 8.73. The molecular weight excluding hydrogens is 337 g/mol. The van der Waals surface area contributed by atoms with Gasteiger partial charge in [-0.3, -0.25) is 9.69 Å². The molecule has 0 aromatic heterocycles. The lowest BCUT2D eigenvalue weighted by atomic mass is 10.2. The van der Waals surface area contributed by atoms with Crippen LogP contribution in [0.25, 0.3) is 0 Å². The van der Waals surface area contributed by atoms with E-state index in [1.54, 1.807) is 24.3 Å². The highest BCUT2D eigenvalue weighted by Crippen LogP contribution is 2.18. The number of carbonyl (C=O) groups is 1. The van der Waals surface area contributed by atoms with Gasteiger partial charge in [0.2, 0.25) is 0 Å². The molecule has 0 aliphatic carbocycles. The van der Waals surface area contributed by atoms with Gasteiger partial charge in [-0.15, -0.1) is 12.4 Å². The molecule has 1 atom stereocenters. The molecule has 1 N–H and O–H groups in total. The van der Waals surface area contributed by atoms with Crippen LogP contribution in [-0.2, 0) is 4.79 Å². The normalized spacial score (nSPS) is 21.8. The second-order valence-electron chi connectivity index (χ2n) is 5.81. The predicted molar refractivity (Wildman–Crippen MR) is 93.6 cm³/mol. The lowest BCUT2D eigenvalue weighted by Crippen LogP contribution is -2.49. The fourth-order valence-corrected chi connectivity index (χ4v) is 3.21. The van der Waals surface area contributed by atoms with E-state index in [4.69, 9.17) is 16.3 Å². The number of nitrogens with one attached hydrogen (secondary N) is 1. The van der Waals surface area contributed by atoms with Gasteiger partial charge in [0.25, 0.3) is 5.91 Å². The highest BCUT2D eigenvalue weighted by atomic mass is 35.5. The summed E-state index contributed by atoms with van der Waals surface area (Å²) < 4.78 is 5.54. The summed E-state index contributed by atoms with van der Waals surface area (Å²) >= 11 is 5.83. The molecule has 2 saturated heterocycles. The molecule has 23 heavy (non-hydrogen) atoms. The molecule has 0 radical (unpaired) electrons. The van der Waals surface area contributed by atoms with Gasteiger partial charge in [-0.2, -0.15) is 0 Å². The summed E-state index contributed by atoms with van der Waals surface area (Å²) in [6.07, 6.45) is 1.06. The van der Waals surface area contributed by atoms with Crippen LogP contribution < -0.4 is 10.1 Å². The first-order valence-electron chi connectivity index (χ1n) is 7.83. The smallest absolute Gasteiger partial charge is 0.260 e. The van der Waals surface area contributed by atoms with Gasteiger partial charge in [0.15, 0.2) is 6.61 Å². The number of benzene rings is 1. The van der Waals surface area contributed by atoms with Crippen LogP contribution in [0.15, 0.2) is 24.3 Å². The molecule has 0 bridgehead atoms. The summed E-state index contributed by atoms with van der Waals surface area (Å²) in [6, 6.07) is 7.59. The van der Waals surface area contributed by atoms with Crippen LogP contribution in [0.1, 0.15) is 6.42 Å². The first kappa shape index (κ1) is 18.3. The Balaban J connectivity index is 0.00000192. The van der Waals surface area contributed by atoms with Crippen molar-refractivity contribution in [2.24, 2.45) is 0 Å². The van der Waals surface area contributed by atoms with E-state index in [-0.39, 0.29) is 24.9 Å². The Morgan fingerprint density at radius 1 is 1.22 bits per heavy atom. The Morgan fingerprint density at radius 3 is 2.61 bits per heavy atom. The van der Waals surface area contributed by atoms with Gasteiger partial charge >= 0.3 is 0 Å². The highest BCUT2D eigenvalue weighted by molar-refractivity contribution is 6.30. The molecule has 2 aliphatic heterocycles. The zero-order valence-corrected chi connectivity index (χ0v) is 14.6. The molecule has 0 saturated carbocycles. The molecule has 7 heteroatoms. The molecule has 1 aromatic rings. The number of hydrogen-bond donors (Lipinski definition) is 1. The average molecular weight is 360 g/mol. The van der Waals surface area contributed by atoms with Crippen molar-refractivity contribution >= 4 is 29.9 Å². The first-order chi connectivity index (χ1) is 10.7. The van der Waals surface area contributed by atoms with Crippen LogP contribution in [0.3, 0.4) is 0 Å². The number of likely N-dealkylation sites (tertiary alicyclic amines) is 1. The maximum Gasteiger partial charge on any atom is 0.260 e. The van der Waals surface area contributed by atoms with Crippen LogP contribution in [0.4, 0.5) is 0 Å². The van der Waals surface area contributed by atoms with E-state index >= 15 is 0 Å². The minimum absolute atomic E-state index is 0. The number of rotatable bonds is 4. The molecule has 3 rings (SSSR count). The van der Waals surface area contributed by atoms with E-state index in [1.165, 1.54) is 0 Å².